The van der Waals surface area contributed by atoms with Gasteiger partial charge in [-0.15, -0.1) is 0 Å². The number of benzene rings is 1. The summed E-state index contributed by atoms with van der Waals surface area (Å²) in [6, 6.07) is 7.69. The van der Waals surface area contributed by atoms with Crippen molar-refractivity contribution >= 4 is 16.6 Å². The minimum atomic E-state index is -1.24. The van der Waals surface area contributed by atoms with E-state index in [0.29, 0.717) is 0 Å². The van der Waals surface area contributed by atoms with Gasteiger partial charge in [0.25, 0.3) is 0 Å². The monoisotopic (exact) mass is 252 g/mol. The van der Waals surface area contributed by atoms with E-state index in [-0.39, 0.29) is 11.2 Å². The third kappa shape index (κ3) is 3.50. The van der Waals surface area contributed by atoms with Crippen LogP contribution in [-0.4, -0.2) is 15.2 Å². The topological polar surface area (TPSA) is 34.1 Å². The van der Waals surface area contributed by atoms with Gasteiger partial charge in [0.1, 0.15) is 5.78 Å². The van der Waals surface area contributed by atoms with Crippen molar-refractivity contribution in [3.8, 4) is 0 Å². The molecule has 0 saturated heterocycles. The molecule has 0 aliphatic carbocycles. The van der Waals surface area contributed by atoms with Crippen LogP contribution >= 0.6 is 0 Å². The van der Waals surface area contributed by atoms with Crippen LogP contribution in [0.25, 0.3) is 0 Å². The Labute approximate surface area is 106 Å². The predicted octanol–water partition coefficient (Wildman–Crippen LogP) is 3.07. The summed E-state index contributed by atoms with van der Waals surface area (Å²) in [4.78, 5) is 11.9. The second kappa shape index (κ2) is 5.13. The van der Waals surface area contributed by atoms with Gasteiger partial charge in [-0.25, -0.2) is 0 Å². The molecular formula is C14H20O2S. The van der Waals surface area contributed by atoms with Crippen molar-refractivity contribution in [1.82, 2.24) is 0 Å². The molecule has 0 saturated carbocycles. The molecule has 0 heterocycles. The van der Waals surface area contributed by atoms with Gasteiger partial charge in [0.2, 0.25) is 0 Å². The summed E-state index contributed by atoms with van der Waals surface area (Å²) in [5, 5.41) is -0.435. The molecule has 0 fully saturated rings. The third-order valence-corrected chi connectivity index (χ3v) is 4.56. The fraction of sp³-hybridized carbons (Fsp3) is 0.500. The normalized spacial score (nSPS) is 15.4. The lowest BCUT2D eigenvalue weighted by Gasteiger charge is -2.19. The zero-order valence-corrected chi connectivity index (χ0v) is 11.9. The minimum Gasteiger partial charge on any atom is -0.299 e. The van der Waals surface area contributed by atoms with Gasteiger partial charge in [-0.1, -0.05) is 32.9 Å². The maximum absolute atomic E-state index is 12.0. The van der Waals surface area contributed by atoms with Gasteiger partial charge in [0.05, 0.1) is 16.0 Å². The quantitative estimate of drug-likeness (QED) is 0.828. The molecule has 0 radical (unpaired) electrons. The maximum Gasteiger partial charge on any atom is 0.145 e. The van der Waals surface area contributed by atoms with Gasteiger partial charge < -0.3 is 0 Å². The number of carbonyl (C=O) groups excluding carboxylic acids is 1. The van der Waals surface area contributed by atoms with E-state index in [1.165, 1.54) is 12.5 Å². The molecule has 0 spiro atoms. The number of ketones is 1. The van der Waals surface area contributed by atoms with Crippen LogP contribution in [-0.2, 0) is 21.0 Å². The molecule has 2 atom stereocenters. The van der Waals surface area contributed by atoms with E-state index in [2.05, 4.69) is 20.8 Å². The molecular weight excluding hydrogens is 232 g/mol. The summed E-state index contributed by atoms with van der Waals surface area (Å²) < 4.78 is 12.0. The molecule has 0 amide bonds. The van der Waals surface area contributed by atoms with Crippen molar-refractivity contribution in [2.75, 3.05) is 0 Å². The average Bonchev–Trinajstić information content (AvgIpc) is 2.26. The molecule has 94 valence electrons. The second-order valence-corrected chi connectivity index (χ2v) is 7.10. The lowest BCUT2D eigenvalue weighted by atomic mass is 9.87. The molecule has 0 aliphatic rings. The van der Waals surface area contributed by atoms with Gasteiger partial charge in [0.15, 0.2) is 0 Å². The van der Waals surface area contributed by atoms with Crippen LogP contribution in [0.5, 0.6) is 0 Å². The fourth-order valence-electron chi connectivity index (χ4n) is 1.44. The van der Waals surface area contributed by atoms with Crippen LogP contribution in [0.4, 0.5) is 0 Å². The zero-order chi connectivity index (χ0) is 13.2. The lowest BCUT2D eigenvalue weighted by Crippen LogP contribution is -2.20. The maximum atomic E-state index is 12.0. The number of rotatable bonds is 3. The van der Waals surface area contributed by atoms with Crippen molar-refractivity contribution in [2.24, 2.45) is 0 Å². The largest absolute Gasteiger partial charge is 0.299 e. The number of Topliss-reactive ketones (excluding diaryl/α,β-unsaturated/α-hetero) is 1. The van der Waals surface area contributed by atoms with Crippen molar-refractivity contribution in [1.29, 1.82) is 0 Å². The van der Waals surface area contributed by atoms with Crippen LogP contribution < -0.4 is 0 Å². The Morgan fingerprint density at radius 2 is 1.65 bits per heavy atom. The summed E-state index contributed by atoms with van der Waals surface area (Å²) in [5.41, 5.74) is 1.29. The minimum absolute atomic E-state index is 0.0387. The van der Waals surface area contributed by atoms with Crippen LogP contribution in [0.3, 0.4) is 0 Å². The van der Waals surface area contributed by atoms with Crippen molar-refractivity contribution in [2.45, 2.75) is 50.2 Å². The molecule has 0 aromatic heterocycles. The standard InChI is InChI=1S/C14H20O2S/c1-10(15)11(2)17(16)13-8-6-12(7-9-13)14(3,4)5/h6-9,11H,1-5H3. The highest BCUT2D eigenvalue weighted by atomic mass is 32.2. The van der Waals surface area contributed by atoms with Crippen molar-refractivity contribution < 1.29 is 9.00 Å². The van der Waals surface area contributed by atoms with Crippen molar-refractivity contribution in [3.63, 3.8) is 0 Å². The van der Waals surface area contributed by atoms with E-state index in [1.807, 2.05) is 24.3 Å². The van der Waals surface area contributed by atoms with Crippen LogP contribution in [0.15, 0.2) is 29.2 Å². The molecule has 17 heavy (non-hydrogen) atoms. The molecule has 1 aromatic carbocycles. The van der Waals surface area contributed by atoms with E-state index >= 15 is 0 Å². The van der Waals surface area contributed by atoms with E-state index < -0.39 is 16.0 Å². The van der Waals surface area contributed by atoms with E-state index in [4.69, 9.17) is 0 Å². The van der Waals surface area contributed by atoms with Gasteiger partial charge in [-0.3, -0.25) is 9.00 Å². The highest BCUT2D eigenvalue weighted by Gasteiger charge is 2.19. The van der Waals surface area contributed by atoms with Gasteiger partial charge >= 0.3 is 0 Å². The zero-order valence-electron chi connectivity index (χ0n) is 11.1. The number of hydrogen-bond donors (Lipinski definition) is 0. The lowest BCUT2D eigenvalue weighted by molar-refractivity contribution is -0.116. The van der Waals surface area contributed by atoms with Gasteiger partial charge in [-0.2, -0.15) is 0 Å². The highest BCUT2D eigenvalue weighted by Crippen LogP contribution is 2.23. The Bertz CT molecular complexity index is 427. The molecule has 0 aliphatic heterocycles. The Balaban J connectivity index is 2.96. The van der Waals surface area contributed by atoms with E-state index in [0.717, 1.165) is 4.90 Å². The van der Waals surface area contributed by atoms with Crippen LogP contribution in [0, 0.1) is 0 Å². The fourth-order valence-corrected chi connectivity index (χ4v) is 2.56. The Hall–Kier alpha value is -0.960. The summed E-state index contributed by atoms with van der Waals surface area (Å²) in [6.45, 7) is 9.59. The first-order chi connectivity index (χ1) is 7.73. The Morgan fingerprint density at radius 3 is 2.00 bits per heavy atom. The molecule has 2 nitrogen and oxygen atoms in total. The third-order valence-electron chi connectivity index (χ3n) is 2.85. The summed E-state index contributed by atoms with van der Waals surface area (Å²) >= 11 is 0. The molecule has 3 heteroatoms. The SMILES string of the molecule is CC(=O)C(C)S(=O)c1ccc(C(C)(C)C)cc1. The van der Waals surface area contributed by atoms with Gasteiger partial charge in [-0.05, 0) is 37.0 Å². The predicted molar refractivity (Wildman–Crippen MR) is 71.7 cm³/mol. The number of carbonyl (C=O) groups is 1. The first-order valence-electron chi connectivity index (χ1n) is 5.75. The molecule has 1 aromatic rings. The molecule has 1 rings (SSSR count). The highest BCUT2D eigenvalue weighted by molar-refractivity contribution is 7.86. The first kappa shape index (κ1) is 14.1. The van der Waals surface area contributed by atoms with Crippen molar-refractivity contribution in [3.05, 3.63) is 29.8 Å². The first-order valence-corrected chi connectivity index (χ1v) is 6.96. The summed E-state index contributed by atoms with van der Waals surface area (Å²) in [7, 11) is -1.24. The van der Waals surface area contributed by atoms with Crippen LogP contribution in [0.2, 0.25) is 0 Å². The summed E-state index contributed by atoms with van der Waals surface area (Å²) in [5.74, 6) is -0.0387. The van der Waals surface area contributed by atoms with E-state index in [1.54, 1.807) is 6.92 Å². The average molecular weight is 252 g/mol. The molecule has 2 unspecified atom stereocenters. The van der Waals surface area contributed by atoms with E-state index in [9.17, 15) is 9.00 Å². The molecule has 0 N–H and O–H groups in total. The van der Waals surface area contributed by atoms with Crippen LogP contribution in [0.1, 0.15) is 40.2 Å². The number of hydrogen-bond acceptors (Lipinski definition) is 2. The smallest absolute Gasteiger partial charge is 0.145 e. The summed E-state index contributed by atoms with van der Waals surface area (Å²) in [6.07, 6.45) is 0. The second-order valence-electron chi connectivity index (χ2n) is 5.32. The Kier molecular flexibility index (Phi) is 4.26. The Morgan fingerprint density at radius 1 is 1.18 bits per heavy atom. The van der Waals surface area contributed by atoms with Gasteiger partial charge in [0, 0.05) is 4.90 Å². The molecule has 0 bridgehead atoms.